The van der Waals surface area contributed by atoms with Crippen molar-refractivity contribution in [2.75, 3.05) is 56.3 Å². The number of nitrogens with zero attached hydrogens (tertiary/aromatic N) is 6. The molecule has 2 fully saturated rings. The molecule has 4 heterocycles. The molecule has 3 aliphatic heterocycles. The van der Waals surface area contributed by atoms with Crippen molar-refractivity contribution in [1.82, 2.24) is 14.8 Å². The lowest BCUT2D eigenvalue weighted by molar-refractivity contribution is -0.137. The molecule has 1 atom stereocenters. The number of hydrazone groups is 1. The van der Waals surface area contributed by atoms with Crippen LogP contribution in [0.4, 0.5) is 29.1 Å². The van der Waals surface area contributed by atoms with Crippen molar-refractivity contribution in [2.24, 2.45) is 5.10 Å². The fourth-order valence-electron chi connectivity index (χ4n) is 5.58. The van der Waals surface area contributed by atoms with Crippen LogP contribution in [-0.2, 0) is 20.5 Å². The van der Waals surface area contributed by atoms with Gasteiger partial charge < -0.3 is 14.5 Å². The van der Waals surface area contributed by atoms with E-state index in [4.69, 9.17) is 16.3 Å². The van der Waals surface area contributed by atoms with Gasteiger partial charge in [-0.1, -0.05) is 11.6 Å². The number of carbonyl (C=O) groups is 2. The van der Waals surface area contributed by atoms with Crippen molar-refractivity contribution < 1.29 is 31.9 Å². The lowest BCUT2D eigenvalue weighted by Gasteiger charge is -2.40. The maximum Gasteiger partial charge on any atom is 0.416 e. The lowest BCUT2D eigenvalue weighted by Crippen LogP contribution is -2.51. The molecule has 0 spiro atoms. The summed E-state index contributed by atoms with van der Waals surface area (Å²) in [6, 6.07) is 4.62. The zero-order valence-electron chi connectivity index (χ0n) is 23.2. The second-order valence-corrected chi connectivity index (χ2v) is 11.0. The summed E-state index contributed by atoms with van der Waals surface area (Å²) in [7, 11) is 1.44. The quantitative estimate of drug-likeness (QED) is 0.474. The Morgan fingerprint density at radius 1 is 1.07 bits per heavy atom. The molecule has 0 N–H and O–H groups in total. The van der Waals surface area contributed by atoms with Crippen LogP contribution in [0.15, 0.2) is 35.4 Å². The number of aromatic nitrogens is 1. The van der Waals surface area contributed by atoms with Crippen LogP contribution in [0.25, 0.3) is 0 Å². The van der Waals surface area contributed by atoms with E-state index in [1.54, 1.807) is 4.90 Å². The number of halogens is 5. The minimum atomic E-state index is -4.66. The maximum atomic E-state index is 13.8. The van der Waals surface area contributed by atoms with Gasteiger partial charge in [0, 0.05) is 57.1 Å². The number of carbonyl (C=O) groups excluding carboxylic acids is 2. The van der Waals surface area contributed by atoms with Gasteiger partial charge in [0.15, 0.2) is 0 Å². The topological polar surface area (TPSA) is 81.6 Å². The third-order valence-electron chi connectivity index (χ3n) is 7.88. The first kappa shape index (κ1) is 30.2. The molecule has 3 aliphatic rings. The van der Waals surface area contributed by atoms with Crippen LogP contribution in [0.1, 0.15) is 30.5 Å². The second-order valence-electron chi connectivity index (χ2n) is 10.6. The summed E-state index contributed by atoms with van der Waals surface area (Å²) in [5, 5.41) is 5.27. The molecule has 1 unspecified atom stereocenters. The van der Waals surface area contributed by atoms with Crippen molar-refractivity contribution in [1.29, 1.82) is 0 Å². The van der Waals surface area contributed by atoms with Gasteiger partial charge in [-0.2, -0.15) is 18.3 Å². The predicted octanol–water partition coefficient (Wildman–Crippen LogP) is 4.12. The fraction of sp³-hybridized carbons (Fsp3) is 0.500. The molecule has 1 aromatic carbocycles. The minimum absolute atomic E-state index is 0.0561. The van der Waals surface area contributed by atoms with E-state index in [2.05, 4.69) is 15.0 Å². The molecule has 2 aromatic rings. The number of piperidine rings is 1. The predicted molar refractivity (Wildman–Crippen MR) is 149 cm³/mol. The number of anilines is 2. The number of likely N-dealkylation sites (tertiary alicyclic amines) is 1. The number of benzene rings is 1. The Morgan fingerprint density at radius 3 is 2.40 bits per heavy atom. The van der Waals surface area contributed by atoms with Gasteiger partial charge in [0.2, 0.25) is 0 Å². The lowest BCUT2D eigenvalue weighted by atomic mass is 10.0. The molecule has 42 heavy (non-hydrogen) atoms. The normalized spacial score (nSPS) is 20.5. The summed E-state index contributed by atoms with van der Waals surface area (Å²) in [4.78, 5) is 36.8. The number of hydrogen-bond donors (Lipinski definition) is 0. The second kappa shape index (κ2) is 12.1. The molecular weight excluding hydrogens is 580 g/mol. The van der Waals surface area contributed by atoms with E-state index in [0.29, 0.717) is 32.3 Å². The highest BCUT2D eigenvalue weighted by molar-refractivity contribution is 6.40. The van der Waals surface area contributed by atoms with Crippen molar-refractivity contribution in [3.8, 4) is 0 Å². The molecule has 0 saturated carbocycles. The van der Waals surface area contributed by atoms with Gasteiger partial charge in [-0.25, -0.2) is 14.4 Å². The molecule has 0 bridgehead atoms. The molecule has 2 saturated heterocycles. The summed E-state index contributed by atoms with van der Waals surface area (Å²) >= 11 is 5.91. The maximum absolute atomic E-state index is 13.8. The first-order valence-electron chi connectivity index (χ1n) is 13.7. The zero-order valence-corrected chi connectivity index (χ0v) is 24.0. The van der Waals surface area contributed by atoms with E-state index >= 15 is 0 Å². The van der Waals surface area contributed by atoms with Crippen LogP contribution in [-0.4, -0.2) is 90.8 Å². The number of rotatable bonds is 5. The highest BCUT2D eigenvalue weighted by atomic mass is 35.5. The number of aryl methyl sites for hydroxylation is 1. The van der Waals surface area contributed by atoms with E-state index in [0.717, 1.165) is 49.1 Å². The number of pyridine rings is 1. The van der Waals surface area contributed by atoms with Crippen LogP contribution in [0.2, 0.25) is 5.02 Å². The largest absolute Gasteiger partial charge is 0.416 e. The van der Waals surface area contributed by atoms with Gasteiger partial charge in [0.05, 0.1) is 23.8 Å². The van der Waals surface area contributed by atoms with Crippen molar-refractivity contribution in [3.05, 3.63) is 52.4 Å². The zero-order chi connectivity index (χ0) is 30.2. The number of alkyl halides is 3. The van der Waals surface area contributed by atoms with Crippen LogP contribution >= 0.6 is 11.6 Å². The molecule has 5 rings (SSSR count). The van der Waals surface area contributed by atoms with Gasteiger partial charge in [0.1, 0.15) is 23.4 Å². The molecule has 2 amide bonds. The average molecular weight is 611 g/mol. The van der Waals surface area contributed by atoms with Gasteiger partial charge >= 0.3 is 6.18 Å². The summed E-state index contributed by atoms with van der Waals surface area (Å²) in [6.45, 7) is 5.46. The number of amides is 2. The Balaban J connectivity index is 1.40. The molecule has 1 aromatic heterocycles. The Hall–Kier alpha value is -3.29. The molecule has 0 radical (unpaired) electrons. The third kappa shape index (κ3) is 6.37. The SMILES string of the molecule is Cc1cc(C(F)(F)F)cc(N2N=C(C(=O)N3CCC(N4CCOCC4)CC3)CC2C(=O)N(C)c2ccc(F)c(Cl)c2)n1. The van der Waals surface area contributed by atoms with Gasteiger partial charge in [-0.05, 0) is 50.1 Å². The average Bonchev–Trinajstić information content (AvgIpc) is 3.43. The van der Waals surface area contributed by atoms with Crippen molar-refractivity contribution in [2.45, 2.75) is 44.4 Å². The molecule has 0 aliphatic carbocycles. The summed E-state index contributed by atoms with van der Waals surface area (Å²) in [5.41, 5.74) is -0.551. The smallest absolute Gasteiger partial charge is 0.379 e. The first-order chi connectivity index (χ1) is 19.9. The Labute approximate surface area is 245 Å². The Kier molecular flexibility index (Phi) is 8.72. The van der Waals surface area contributed by atoms with E-state index in [1.165, 1.54) is 31.0 Å². The van der Waals surface area contributed by atoms with E-state index in [-0.39, 0.29) is 40.3 Å². The minimum Gasteiger partial charge on any atom is -0.379 e. The number of morpholine rings is 1. The molecule has 14 heteroatoms. The van der Waals surface area contributed by atoms with Crippen LogP contribution in [0.3, 0.4) is 0 Å². The summed E-state index contributed by atoms with van der Waals surface area (Å²) in [6.07, 6.45) is -3.26. The Morgan fingerprint density at radius 2 is 1.76 bits per heavy atom. The highest BCUT2D eigenvalue weighted by Gasteiger charge is 2.42. The van der Waals surface area contributed by atoms with E-state index in [1.807, 2.05) is 0 Å². The summed E-state index contributed by atoms with van der Waals surface area (Å²) in [5.74, 6) is -1.82. The fourth-order valence-corrected chi connectivity index (χ4v) is 5.75. The van der Waals surface area contributed by atoms with Gasteiger partial charge in [0.25, 0.3) is 11.8 Å². The highest BCUT2D eigenvalue weighted by Crippen LogP contribution is 2.34. The molecule has 226 valence electrons. The Bertz CT molecular complexity index is 1380. The van der Waals surface area contributed by atoms with E-state index < -0.39 is 29.5 Å². The third-order valence-corrected chi connectivity index (χ3v) is 8.17. The van der Waals surface area contributed by atoms with E-state index in [9.17, 15) is 27.2 Å². The van der Waals surface area contributed by atoms with Crippen LogP contribution in [0, 0.1) is 12.7 Å². The van der Waals surface area contributed by atoms with Gasteiger partial charge in [-0.3, -0.25) is 14.5 Å². The van der Waals surface area contributed by atoms with Gasteiger partial charge in [-0.15, -0.1) is 0 Å². The number of ether oxygens (including phenoxy) is 1. The van der Waals surface area contributed by atoms with Crippen LogP contribution < -0.4 is 9.91 Å². The molecular formula is C28H31ClF4N6O3. The van der Waals surface area contributed by atoms with Crippen LogP contribution in [0.5, 0.6) is 0 Å². The van der Waals surface area contributed by atoms with Crippen molar-refractivity contribution in [3.63, 3.8) is 0 Å². The summed E-state index contributed by atoms with van der Waals surface area (Å²) < 4.78 is 60.1. The first-order valence-corrected chi connectivity index (χ1v) is 14.1. The van der Waals surface area contributed by atoms with Crippen molar-refractivity contribution >= 4 is 40.6 Å². The molecule has 9 nitrogen and oxygen atoms in total. The standard InChI is InChI=1S/C28H31ClF4N6O3/c1-17-13-18(28(31,32)33)14-25(34-17)39-24(27(41)36(2)20-3-4-22(30)21(29)15-20)16-23(35-39)26(40)38-7-5-19(6-8-38)37-9-11-42-12-10-37/h3-4,13-15,19,24H,5-12,16H2,1-2H3. The number of hydrogen-bond acceptors (Lipinski definition) is 7. The number of likely N-dealkylation sites (N-methyl/N-ethyl adjacent to an activating group) is 1. The monoisotopic (exact) mass is 610 g/mol.